The molecule has 0 aromatic heterocycles. The molecule has 1 atom stereocenters. The van der Waals surface area contributed by atoms with Crippen LogP contribution in [0.15, 0.2) is 72.8 Å². The van der Waals surface area contributed by atoms with Crippen molar-refractivity contribution in [3.8, 4) is 5.75 Å². The van der Waals surface area contributed by atoms with Gasteiger partial charge in [-0.15, -0.1) is 0 Å². The first-order valence-corrected chi connectivity index (χ1v) is 8.47. The first-order chi connectivity index (χ1) is 13.5. The Bertz CT molecular complexity index is 1020. The smallest absolute Gasteiger partial charge is 0.269 e. The molecule has 3 aromatic rings. The van der Waals surface area contributed by atoms with Crippen LogP contribution in [0.3, 0.4) is 0 Å². The largest absolute Gasteiger partial charge is 0.495 e. The Balaban J connectivity index is 1.93. The molecule has 0 fully saturated rings. The molecule has 142 valence electrons. The van der Waals surface area contributed by atoms with Crippen molar-refractivity contribution in [2.75, 3.05) is 12.4 Å². The number of methoxy groups -OCH3 is 1. The fourth-order valence-electron chi connectivity index (χ4n) is 2.87. The van der Waals surface area contributed by atoms with E-state index >= 15 is 0 Å². The number of rotatable bonds is 6. The highest BCUT2D eigenvalue weighted by molar-refractivity contribution is 6.06. The molecule has 2 N–H and O–H groups in total. The number of para-hydroxylation sites is 2. The lowest BCUT2D eigenvalue weighted by molar-refractivity contribution is -0.385. The monoisotopic (exact) mass is 378 g/mol. The second-order valence-electron chi connectivity index (χ2n) is 6.00. The number of ether oxygens (including phenoxy) is 1. The van der Waals surface area contributed by atoms with Gasteiger partial charge < -0.3 is 15.2 Å². The van der Waals surface area contributed by atoms with Gasteiger partial charge >= 0.3 is 0 Å². The second kappa shape index (κ2) is 8.32. The van der Waals surface area contributed by atoms with Crippen molar-refractivity contribution < 1.29 is 19.6 Å². The maximum atomic E-state index is 12.8. The number of carbonyl (C=O) groups excluding carboxylic acids is 1. The van der Waals surface area contributed by atoms with Gasteiger partial charge in [0.25, 0.3) is 11.6 Å². The molecule has 3 rings (SSSR count). The molecule has 0 aliphatic carbocycles. The molecule has 7 nitrogen and oxygen atoms in total. The number of amides is 1. The van der Waals surface area contributed by atoms with Gasteiger partial charge in [0.1, 0.15) is 11.9 Å². The predicted octanol–water partition coefficient (Wildman–Crippen LogP) is 3.94. The SMILES string of the molecule is COc1ccccc1NC(=O)c1ccccc1C(O)c1cccc([N+](=O)[O-])c1. The van der Waals surface area contributed by atoms with E-state index in [1.54, 1.807) is 54.6 Å². The van der Waals surface area contributed by atoms with E-state index in [0.29, 0.717) is 22.6 Å². The number of hydrogen-bond acceptors (Lipinski definition) is 5. The number of aliphatic hydroxyl groups is 1. The van der Waals surface area contributed by atoms with Crippen molar-refractivity contribution in [1.29, 1.82) is 0 Å². The molecule has 0 bridgehead atoms. The van der Waals surface area contributed by atoms with E-state index in [0.717, 1.165) is 0 Å². The van der Waals surface area contributed by atoms with Crippen molar-refractivity contribution in [2.45, 2.75) is 6.10 Å². The zero-order chi connectivity index (χ0) is 20.1. The Morgan fingerprint density at radius 2 is 1.79 bits per heavy atom. The number of nitrogens with one attached hydrogen (secondary N) is 1. The molecule has 7 heteroatoms. The molecule has 0 spiro atoms. The number of non-ortho nitro benzene ring substituents is 1. The lowest BCUT2D eigenvalue weighted by Gasteiger charge is -2.16. The van der Waals surface area contributed by atoms with E-state index in [1.165, 1.54) is 25.3 Å². The number of aliphatic hydroxyl groups excluding tert-OH is 1. The summed E-state index contributed by atoms with van der Waals surface area (Å²) >= 11 is 0. The van der Waals surface area contributed by atoms with E-state index in [2.05, 4.69) is 5.32 Å². The minimum Gasteiger partial charge on any atom is -0.495 e. The maximum absolute atomic E-state index is 12.8. The van der Waals surface area contributed by atoms with Crippen LogP contribution in [0.2, 0.25) is 0 Å². The number of nitro groups is 1. The van der Waals surface area contributed by atoms with Gasteiger partial charge in [0.05, 0.1) is 17.7 Å². The Kier molecular flexibility index (Phi) is 5.67. The van der Waals surface area contributed by atoms with E-state index in [4.69, 9.17) is 4.74 Å². The van der Waals surface area contributed by atoms with Crippen molar-refractivity contribution in [2.24, 2.45) is 0 Å². The fourth-order valence-corrected chi connectivity index (χ4v) is 2.87. The minimum atomic E-state index is -1.19. The summed E-state index contributed by atoms with van der Waals surface area (Å²) in [7, 11) is 1.50. The highest BCUT2D eigenvalue weighted by Gasteiger charge is 2.21. The van der Waals surface area contributed by atoms with E-state index in [-0.39, 0.29) is 11.3 Å². The molecule has 0 heterocycles. The third kappa shape index (κ3) is 3.99. The number of hydrogen-bond donors (Lipinski definition) is 2. The van der Waals surface area contributed by atoms with Crippen LogP contribution in [-0.4, -0.2) is 23.0 Å². The quantitative estimate of drug-likeness (QED) is 0.500. The van der Waals surface area contributed by atoms with E-state index in [1.807, 2.05) is 0 Å². The summed E-state index contributed by atoms with van der Waals surface area (Å²) in [6, 6.07) is 19.3. The number of anilines is 1. The van der Waals surface area contributed by atoms with Crippen molar-refractivity contribution in [1.82, 2.24) is 0 Å². The Hall–Kier alpha value is -3.71. The fraction of sp³-hybridized carbons (Fsp3) is 0.0952. The molecule has 0 radical (unpaired) electrons. The zero-order valence-corrected chi connectivity index (χ0v) is 15.0. The standard InChI is InChI=1S/C21H18N2O5/c1-28-19-12-5-4-11-18(19)22-21(25)17-10-3-2-9-16(17)20(24)14-7-6-8-15(13-14)23(26)27/h2-13,20,24H,1H3,(H,22,25). The van der Waals surface area contributed by atoms with Crippen molar-refractivity contribution in [3.63, 3.8) is 0 Å². The first kappa shape index (κ1) is 19.1. The minimum absolute atomic E-state index is 0.132. The number of nitro benzene ring substituents is 1. The van der Waals surface area contributed by atoms with E-state index < -0.39 is 16.9 Å². The van der Waals surface area contributed by atoms with Crippen LogP contribution in [0.25, 0.3) is 0 Å². The summed E-state index contributed by atoms with van der Waals surface area (Å²) in [4.78, 5) is 23.3. The summed E-state index contributed by atoms with van der Waals surface area (Å²) in [6.07, 6.45) is -1.19. The number of carbonyl (C=O) groups is 1. The highest BCUT2D eigenvalue weighted by Crippen LogP contribution is 2.29. The van der Waals surface area contributed by atoms with Gasteiger partial charge in [-0.3, -0.25) is 14.9 Å². The molecule has 1 amide bonds. The van der Waals surface area contributed by atoms with Gasteiger partial charge in [0.2, 0.25) is 0 Å². The lowest BCUT2D eigenvalue weighted by atomic mass is 9.96. The third-order valence-electron chi connectivity index (χ3n) is 4.25. The predicted molar refractivity (Wildman–Crippen MR) is 105 cm³/mol. The topological polar surface area (TPSA) is 102 Å². The number of nitrogens with zero attached hydrogens (tertiary/aromatic N) is 1. The van der Waals surface area contributed by atoms with Gasteiger partial charge in [0, 0.05) is 17.7 Å². The Morgan fingerprint density at radius 1 is 1.07 bits per heavy atom. The molecule has 3 aromatic carbocycles. The molecular weight excluding hydrogens is 360 g/mol. The Morgan fingerprint density at radius 3 is 2.54 bits per heavy atom. The van der Waals surface area contributed by atoms with Crippen molar-refractivity contribution >= 4 is 17.3 Å². The maximum Gasteiger partial charge on any atom is 0.269 e. The van der Waals surface area contributed by atoms with Crippen LogP contribution >= 0.6 is 0 Å². The summed E-state index contributed by atoms with van der Waals surface area (Å²) in [5, 5.41) is 24.5. The van der Waals surface area contributed by atoms with Gasteiger partial charge in [-0.2, -0.15) is 0 Å². The summed E-state index contributed by atoms with van der Waals surface area (Å²) in [6.45, 7) is 0. The van der Waals surface area contributed by atoms with Gasteiger partial charge in [0.15, 0.2) is 0 Å². The molecule has 28 heavy (non-hydrogen) atoms. The molecular formula is C21H18N2O5. The zero-order valence-electron chi connectivity index (χ0n) is 15.0. The summed E-state index contributed by atoms with van der Waals surface area (Å²) in [5.74, 6) is 0.0807. The average Bonchev–Trinajstić information content (AvgIpc) is 2.73. The number of benzene rings is 3. The molecule has 0 aliphatic rings. The molecule has 0 saturated carbocycles. The first-order valence-electron chi connectivity index (χ1n) is 8.47. The van der Waals surface area contributed by atoms with Crippen LogP contribution in [0.4, 0.5) is 11.4 Å². The summed E-state index contributed by atoms with van der Waals surface area (Å²) in [5.41, 5.74) is 1.29. The van der Waals surface area contributed by atoms with Gasteiger partial charge in [-0.25, -0.2) is 0 Å². The molecule has 0 saturated heterocycles. The summed E-state index contributed by atoms with van der Waals surface area (Å²) < 4.78 is 5.24. The van der Waals surface area contributed by atoms with Gasteiger partial charge in [-0.1, -0.05) is 42.5 Å². The van der Waals surface area contributed by atoms with E-state index in [9.17, 15) is 20.0 Å². The van der Waals surface area contributed by atoms with Crippen LogP contribution in [0.5, 0.6) is 5.75 Å². The van der Waals surface area contributed by atoms with Crippen LogP contribution in [0.1, 0.15) is 27.6 Å². The highest BCUT2D eigenvalue weighted by atomic mass is 16.6. The van der Waals surface area contributed by atoms with Crippen LogP contribution < -0.4 is 10.1 Å². The van der Waals surface area contributed by atoms with Crippen molar-refractivity contribution in [3.05, 3.63) is 99.6 Å². The average molecular weight is 378 g/mol. The second-order valence-corrected chi connectivity index (χ2v) is 6.00. The van der Waals surface area contributed by atoms with Crippen LogP contribution in [-0.2, 0) is 0 Å². The van der Waals surface area contributed by atoms with Gasteiger partial charge in [-0.05, 0) is 29.3 Å². The molecule has 0 aliphatic heterocycles. The molecule has 1 unspecified atom stereocenters. The Labute approximate surface area is 161 Å². The normalized spacial score (nSPS) is 11.5. The van der Waals surface area contributed by atoms with Crippen LogP contribution in [0, 0.1) is 10.1 Å². The lowest BCUT2D eigenvalue weighted by Crippen LogP contribution is -2.16. The third-order valence-corrected chi connectivity index (χ3v) is 4.25.